The van der Waals surface area contributed by atoms with Crippen molar-refractivity contribution in [3.05, 3.63) is 130 Å². The molecule has 0 aromatic heterocycles. The summed E-state index contributed by atoms with van der Waals surface area (Å²) in [5, 5.41) is 0. The minimum Gasteiger partial charge on any atom is -0.457 e. The molecule has 38 heavy (non-hydrogen) atoms. The van der Waals surface area contributed by atoms with Crippen LogP contribution in [0.3, 0.4) is 0 Å². The van der Waals surface area contributed by atoms with Crippen molar-refractivity contribution >= 4 is 39.4 Å². The molecule has 4 aromatic rings. The smallest absolute Gasteiger partial charge is 0.339 e. The number of Topliss-reactive ketones (excluding diaryl/α,β-unsaturated/α-hetero) is 2. The second-order valence-electron chi connectivity index (χ2n) is 7.99. The van der Waals surface area contributed by atoms with Gasteiger partial charge in [-0.3, -0.25) is 9.59 Å². The van der Waals surface area contributed by atoms with Gasteiger partial charge in [-0.05, 0) is 42.5 Å². The summed E-state index contributed by atoms with van der Waals surface area (Å²) in [6.07, 6.45) is 0. The van der Waals surface area contributed by atoms with Gasteiger partial charge in [0.1, 0.15) is 11.5 Å². The van der Waals surface area contributed by atoms with Crippen LogP contribution in [0.5, 0.6) is 11.5 Å². The van der Waals surface area contributed by atoms with Crippen molar-refractivity contribution in [1.29, 1.82) is 0 Å². The minimum atomic E-state index is -0.920. The Morgan fingerprint density at radius 3 is 1.55 bits per heavy atom. The van der Waals surface area contributed by atoms with Gasteiger partial charge in [-0.2, -0.15) is 0 Å². The summed E-state index contributed by atoms with van der Waals surface area (Å²) in [6.45, 7) is -1.04. The number of carbonyl (C=O) groups is 4. The number of hydrogen-bond donors (Lipinski definition) is 0. The molecular formula is C30H21BrO7. The third-order valence-electron chi connectivity index (χ3n) is 5.34. The summed E-state index contributed by atoms with van der Waals surface area (Å²) in [6, 6.07) is 27.9. The summed E-state index contributed by atoms with van der Waals surface area (Å²) in [4.78, 5) is 50.7. The lowest BCUT2D eigenvalue weighted by Gasteiger charge is -2.12. The predicted octanol–water partition coefficient (Wildman–Crippen LogP) is 6.32. The van der Waals surface area contributed by atoms with Gasteiger partial charge in [-0.25, -0.2) is 9.59 Å². The Balaban J connectivity index is 1.53. The number of hydrogen-bond acceptors (Lipinski definition) is 7. The highest BCUT2D eigenvalue weighted by Gasteiger charge is 2.23. The third kappa shape index (κ3) is 7.02. The molecule has 0 fully saturated rings. The first-order valence-electron chi connectivity index (χ1n) is 11.5. The Hall–Kier alpha value is -4.56. The van der Waals surface area contributed by atoms with E-state index in [1.54, 1.807) is 84.9 Å². The molecular weight excluding hydrogens is 552 g/mol. The molecule has 0 aliphatic heterocycles. The largest absolute Gasteiger partial charge is 0.457 e. The first-order chi connectivity index (χ1) is 18.4. The molecule has 4 rings (SSSR count). The maximum atomic E-state index is 13.0. The zero-order chi connectivity index (χ0) is 26.9. The molecule has 0 saturated carbocycles. The van der Waals surface area contributed by atoms with Gasteiger partial charge in [0.05, 0.1) is 11.1 Å². The van der Waals surface area contributed by atoms with Gasteiger partial charge in [0.15, 0.2) is 24.8 Å². The maximum Gasteiger partial charge on any atom is 0.339 e. The van der Waals surface area contributed by atoms with Gasteiger partial charge in [-0.1, -0.05) is 76.6 Å². The van der Waals surface area contributed by atoms with Crippen LogP contribution in [0, 0.1) is 0 Å². The zero-order valence-corrected chi connectivity index (χ0v) is 21.6. The van der Waals surface area contributed by atoms with Crippen molar-refractivity contribution in [2.24, 2.45) is 0 Å². The van der Waals surface area contributed by atoms with Gasteiger partial charge >= 0.3 is 11.9 Å². The Labute approximate surface area is 227 Å². The molecule has 0 spiro atoms. The monoisotopic (exact) mass is 572 g/mol. The second kappa shape index (κ2) is 12.6. The van der Waals surface area contributed by atoms with Crippen LogP contribution in [0.25, 0.3) is 0 Å². The standard InChI is InChI=1S/C30H21BrO7/c31-22-11-13-23(14-12-22)38-24-15-16-25(29(34)36-18-27(32)20-7-3-1-4-8-20)26(17-24)30(35)37-19-28(33)21-9-5-2-6-10-21/h1-17H,18-19H2. The number of ether oxygens (including phenoxy) is 3. The molecule has 0 aliphatic rings. The molecule has 0 atom stereocenters. The number of benzene rings is 4. The lowest BCUT2D eigenvalue weighted by Crippen LogP contribution is -2.19. The molecule has 4 aromatic carbocycles. The van der Waals surface area contributed by atoms with Crippen molar-refractivity contribution in [2.75, 3.05) is 13.2 Å². The summed E-state index contributed by atoms with van der Waals surface area (Å²) in [5.41, 5.74) is 0.466. The summed E-state index contributed by atoms with van der Waals surface area (Å²) >= 11 is 3.35. The van der Waals surface area contributed by atoms with Crippen molar-refractivity contribution in [3.63, 3.8) is 0 Å². The third-order valence-corrected chi connectivity index (χ3v) is 5.87. The number of halogens is 1. The van der Waals surface area contributed by atoms with E-state index in [4.69, 9.17) is 14.2 Å². The van der Waals surface area contributed by atoms with Crippen molar-refractivity contribution in [1.82, 2.24) is 0 Å². The summed E-state index contributed by atoms with van der Waals surface area (Å²) < 4.78 is 17.1. The van der Waals surface area contributed by atoms with Gasteiger partial charge in [0.25, 0.3) is 0 Å². The van der Waals surface area contributed by atoms with Crippen molar-refractivity contribution in [2.45, 2.75) is 0 Å². The average Bonchev–Trinajstić information content (AvgIpc) is 2.96. The first-order valence-corrected chi connectivity index (χ1v) is 12.3. The Morgan fingerprint density at radius 1 is 0.553 bits per heavy atom. The first kappa shape index (κ1) is 26.5. The van der Waals surface area contributed by atoms with Crippen molar-refractivity contribution < 1.29 is 33.4 Å². The number of esters is 2. The molecule has 0 heterocycles. The molecule has 0 N–H and O–H groups in total. The zero-order valence-electron chi connectivity index (χ0n) is 20.0. The van der Waals surface area contributed by atoms with Crippen LogP contribution >= 0.6 is 15.9 Å². The highest BCUT2D eigenvalue weighted by molar-refractivity contribution is 9.10. The van der Waals surface area contributed by atoms with E-state index in [0.29, 0.717) is 16.9 Å². The molecule has 0 aliphatic carbocycles. The van der Waals surface area contributed by atoms with Gasteiger partial charge in [0.2, 0.25) is 0 Å². The fourth-order valence-corrected chi connectivity index (χ4v) is 3.67. The van der Waals surface area contributed by atoms with Gasteiger partial charge < -0.3 is 14.2 Å². The van der Waals surface area contributed by atoms with E-state index in [1.165, 1.54) is 18.2 Å². The average molecular weight is 573 g/mol. The van der Waals surface area contributed by atoms with Crippen molar-refractivity contribution in [3.8, 4) is 11.5 Å². The van der Waals surface area contributed by atoms with Gasteiger partial charge in [-0.15, -0.1) is 0 Å². The van der Waals surface area contributed by atoms with E-state index < -0.39 is 36.7 Å². The summed E-state index contributed by atoms with van der Waals surface area (Å²) in [7, 11) is 0. The van der Waals surface area contributed by atoms with Crippen LogP contribution in [-0.2, 0) is 9.47 Å². The van der Waals surface area contributed by atoms with Crippen LogP contribution in [0.4, 0.5) is 0 Å². The summed E-state index contributed by atoms with van der Waals surface area (Å²) in [5.74, 6) is -1.87. The molecule has 0 bridgehead atoms. The van der Waals surface area contributed by atoms with Crippen LogP contribution in [0.2, 0.25) is 0 Å². The fraction of sp³-hybridized carbons (Fsp3) is 0.0667. The van der Waals surface area contributed by atoms with Crippen LogP contribution in [0.1, 0.15) is 41.4 Å². The molecule has 190 valence electrons. The van der Waals surface area contributed by atoms with E-state index in [2.05, 4.69) is 15.9 Å². The molecule has 0 unspecified atom stereocenters. The van der Waals surface area contributed by atoms with E-state index in [9.17, 15) is 19.2 Å². The highest BCUT2D eigenvalue weighted by Crippen LogP contribution is 2.26. The SMILES string of the molecule is O=C(COC(=O)c1ccc(Oc2ccc(Br)cc2)cc1C(=O)OCC(=O)c1ccccc1)c1ccccc1. The lowest BCUT2D eigenvalue weighted by molar-refractivity contribution is 0.0439. The quantitative estimate of drug-likeness (QED) is 0.162. The highest BCUT2D eigenvalue weighted by atomic mass is 79.9. The topological polar surface area (TPSA) is 96.0 Å². The van der Waals surface area contributed by atoms with Crippen LogP contribution < -0.4 is 4.74 Å². The number of ketones is 2. The fourth-order valence-electron chi connectivity index (χ4n) is 3.40. The van der Waals surface area contributed by atoms with E-state index in [1.807, 2.05) is 0 Å². The minimum absolute atomic E-state index is 0.133. The number of carbonyl (C=O) groups excluding carboxylic acids is 4. The second-order valence-corrected chi connectivity index (χ2v) is 8.91. The van der Waals surface area contributed by atoms with E-state index in [-0.39, 0.29) is 16.9 Å². The Bertz CT molecular complexity index is 1450. The molecule has 0 amide bonds. The molecule has 0 saturated heterocycles. The predicted molar refractivity (Wildman–Crippen MR) is 143 cm³/mol. The van der Waals surface area contributed by atoms with E-state index in [0.717, 1.165) is 4.47 Å². The lowest BCUT2D eigenvalue weighted by atomic mass is 10.1. The maximum absolute atomic E-state index is 13.0. The molecule has 8 heteroatoms. The molecule has 7 nitrogen and oxygen atoms in total. The molecule has 0 radical (unpaired) electrons. The van der Waals surface area contributed by atoms with E-state index >= 15 is 0 Å². The Morgan fingerprint density at radius 2 is 1.03 bits per heavy atom. The van der Waals surface area contributed by atoms with Crippen LogP contribution in [0.15, 0.2) is 108 Å². The van der Waals surface area contributed by atoms with Gasteiger partial charge in [0, 0.05) is 15.6 Å². The number of rotatable bonds is 10. The Kier molecular flexibility index (Phi) is 8.79. The normalized spacial score (nSPS) is 10.3. The van der Waals surface area contributed by atoms with Crippen LogP contribution in [-0.4, -0.2) is 36.7 Å².